The highest BCUT2D eigenvalue weighted by molar-refractivity contribution is 5.93. The number of amides is 1. The summed E-state index contributed by atoms with van der Waals surface area (Å²) >= 11 is 0. The number of anilines is 1. The molecule has 0 aliphatic rings. The third-order valence-electron chi connectivity index (χ3n) is 4.06. The minimum atomic E-state index is -0.776. The second-order valence-corrected chi connectivity index (χ2v) is 5.88. The van der Waals surface area contributed by atoms with E-state index in [1.165, 1.54) is 4.68 Å². The number of carbonyl (C=O) groups excluding carboxylic acids is 1. The van der Waals surface area contributed by atoms with Crippen molar-refractivity contribution >= 4 is 22.6 Å². The van der Waals surface area contributed by atoms with Gasteiger partial charge in [0, 0.05) is 24.5 Å². The number of hydrogen-bond donors (Lipinski definition) is 2. The number of H-pyrrole nitrogens is 1. The Kier molecular flexibility index (Phi) is 4.12. The summed E-state index contributed by atoms with van der Waals surface area (Å²) in [5.74, 6) is -2.01. The topological polar surface area (TPSA) is 79.8 Å². The number of aromatic nitrogens is 3. The maximum Gasteiger partial charge on any atom is 0.273 e. The number of rotatable bonds is 3. The van der Waals surface area contributed by atoms with E-state index in [0.29, 0.717) is 27.9 Å². The summed E-state index contributed by atoms with van der Waals surface area (Å²) in [5.41, 5.74) is 2.14. The number of nitrogens with one attached hydrogen (secondary N) is 2. The molecule has 0 unspecified atom stereocenters. The van der Waals surface area contributed by atoms with E-state index in [9.17, 15) is 18.4 Å². The van der Waals surface area contributed by atoms with Crippen molar-refractivity contribution in [2.45, 2.75) is 20.3 Å². The van der Waals surface area contributed by atoms with Gasteiger partial charge >= 0.3 is 0 Å². The summed E-state index contributed by atoms with van der Waals surface area (Å²) in [4.78, 5) is 28.7. The highest BCUT2D eigenvalue weighted by Crippen LogP contribution is 2.21. The molecule has 0 saturated carbocycles. The fourth-order valence-electron chi connectivity index (χ4n) is 2.90. The van der Waals surface area contributed by atoms with Crippen molar-refractivity contribution < 1.29 is 13.6 Å². The average Bonchev–Trinajstić information content (AvgIpc) is 2.76. The molecule has 1 aromatic carbocycles. The van der Waals surface area contributed by atoms with Gasteiger partial charge in [-0.15, -0.1) is 0 Å². The van der Waals surface area contributed by atoms with E-state index in [0.717, 1.165) is 18.2 Å². The number of halogens is 2. The largest absolute Gasteiger partial charge is 0.326 e. The molecular weight excluding hydrogens is 330 g/mol. The summed E-state index contributed by atoms with van der Waals surface area (Å²) < 4.78 is 28.0. The van der Waals surface area contributed by atoms with Crippen molar-refractivity contribution in [2.75, 3.05) is 5.32 Å². The molecule has 6 nitrogen and oxygen atoms in total. The minimum absolute atomic E-state index is 0.0319. The molecule has 3 rings (SSSR count). The smallest absolute Gasteiger partial charge is 0.273 e. The summed E-state index contributed by atoms with van der Waals surface area (Å²) in [6, 6.07) is 2.79. The standard InChI is InChI=1S/C17H16F2N4O2/c1-8-13(9(2)20-16-15(8)17(25)22-23(16)3)7-14(24)21-12-5-10(18)4-11(19)6-12/h4-6H,7H2,1-3H3,(H,21,24)(H,22,25). The minimum Gasteiger partial charge on any atom is -0.326 e. The molecular formula is C17H16F2N4O2. The molecule has 1 amide bonds. The summed E-state index contributed by atoms with van der Waals surface area (Å²) in [6.45, 7) is 3.49. The summed E-state index contributed by atoms with van der Waals surface area (Å²) in [7, 11) is 1.68. The van der Waals surface area contributed by atoms with Gasteiger partial charge in [0.15, 0.2) is 5.65 Å². The van der Waals surface area contributed by atoms with Crippen LogP contribution in [0.4, 0.5) is 14.5 Å². The molecule has 25 heavy (non-hydrogen) atoms. The highest BCUT2D eigenvalue weighted by Gasteiger charge is 2.17. The first-order valence-corrected chi connectivity index (χ1v) is 7.57. The van der Waals surface area contributed by atoms with Crippen molar-refractivity contribution in [1.82, 2.24) is 14.8 Å². The number of benzene rings is 1. The number of aromatic amines is 1. The van der Waals surface area contributed by atoms with Crippen LogP contribution < -0.4 is 10.9 Å². The Labute approximate surface area is 141 Å². The van der Waals surface area contributed by atoms with Crippen LogP contribution in [-0.4, -0.2) is 20.7 Å². The Bertz CT molecular complexity index is 1030. The van der Waals surface area contributed by atoms with Gasteiger partial charge in [-0.3, -0.25) is 19.4 Å². The predicted octanol–water partition coefficient (Wildman–Crippen LogP) is 2.34. The van der Waals surface area contributed by atoms with Crippen molar-refractivity contribution in [3.8, 4) is 0 Å². The number of carbonyl (C=O) groups is 1. The van der Waals surface area contributed by atoms with Crippen LogP contribution in [0, 0.1) is 25.5 Å². The Morgan fingerprint density at radius 2 is 1.88 bits per heavy atom. The van der Waals surface area contributed by atoms with Gasteiger partial charge in [-0.2, -0.15) is 0 Å². The maximum absolute atomic E-state index is 13.2. The van der Waals surface area contributed by atoms with Gasteiger partial charge in [0.1, 0.15) is 11.6 Å². The molecule has 0 radical (unpaired) electrons. The van der Waals surface area contributed by atoms with E-state index in [1.807, 2.05) is 0 Å². The van der Waals surface area contributed by atoms with Crippen molar-refractivity contribution in [1.29, 1.82) is 0 Å². The van der Waals surface area contributed by atoms with E-state index < -0.39 is 17.5 Å². The molecule has 8 heteroatoms. The molecule has 0 atom stereocenters. The van der Waals surface area contributed by atoms with E-state index in [4.69, 9.17) is 0 Å². The van der Waals surface area contributed by atoms with Crippen LogP contribution in [0.25, 0.3) is 11.0 Å². The molecule has 0 aliphatic carbocycles. The quantitative estimate of drug-likeness (QED) is 0.764. The fourth-order valence-corrected chi connectivity index (χ4v) is 2.90. The van der Waals surface area contributed by atoms with Crippen LogP contribution >= 0.6 is 0 Å². The molecule has 2 aromatic heterocycles. The summed E-state index contributed by atoms with van der Waals surface area (Å²) in [6.07, 6.45) is -0.0624. The monoisotopic (exact) mass is 346 g/mol. The van der Waals surface area contributed by atoms with Crippen LogP contribution in [0.15, 0.2) is 23.0 Å². The zero-order valence-electron chi connectivity index (χ0n) is 13.9. The number of pyridine rings is 1. The zero-order chi connectivity index (χ0) is 18.3. The second kappa shape index (κ2) is 6.12. The van der Waals surface area contributed by atoms with Crippen LogP contribution in [-0.2, 0) is 18.3 Å². The van der Waals surface area contributed by atoms with Gasteiger partial charge in [0.2, 0.25) is 5.91 Å². The van der Waals surface area contributed by atoms with Crippen LogP contribution in [0.2, 0.25) is 0 Å². The van der Waals surface area contributed by atoms with Crippen molar-refractivity contribution in [3.63, 3.8) is 0 Å². The molecule has 0 aliphatic heterocycles. The Hall–Kier alpha value is -3.03. The Morgan fingerprint density at radius 1 is 1.24 bits per heavy atom. The van der Waals surface area contributed by atoms with E-state index in [2.05, 4.69) is 15.4 Å². The number of fused-ring (bicyclic) bond motifs is 1. The van der Waals surface area contributed by atoms with E-state index in [1.54, 1.807) is 20.9 Å². The fraction of sp³-hybridized carbons (Fsp3) is 0.235. The molecule has 0 bridgehead atoms. The average molecular weight is 346 g/mol. The Balaban J connectivity index is 1.93. The molecule has 2 heterocycles. The number of hydrogen-bond acceptors (Lipinski definition) is 3. The SMILES string of the molecule is Cc1nc2c(c(C)c1CC(=O)Nc1cc(F)cc(F)c1)c(=O)[nH]n2C. The van der Waals surface area contributed by atoms with Crippen molar-refractivity contribution in [2.24, 2.45) is 7.05 Å². The first-order valence-electron chi connectivity index (χ1n) is 7.57. The normalized spacial score (nSPS) is 11.1. The second-order valence-electron chi connectivity index (χ2n) is 5.88. The zero-order valence-corrected chi connectivity index (χ0v) is 13.9. The molecule has 130 valence electrons. The third-order valence-corrected chi connectivity index (χ3v) is 4.06. The van der Waals surface area contributed by atoms with E-state index >= 15 is 0 Å². The van der Waals surface area contributed by atoms with Gasteiger partial charge in [-0.05, 0) is 37.1 Å². The third kappa shape index (κ3) is 3.15. The lowest BCUT2D eigenvalue weighted by atomic mass is 10.0. The van der Waals surface area contributed by atoms with Gasteiger partial charge in [0.05, 0.1) is 11.8 Å². The van der Waals surface area contributed by atoms with Crippen LogP contribution in [0.3, 0.4) is 0 Å². The lowest BCUT2D eigenvalue weighted by Crippen LogP contribution is -2.17. The predicted molar refractivity (Wildman–Crippen MR) is 89.5 cm³/mol. The maximum atomic E-state index is 13.2. The first kappa shape index (κ1) is 16.8. The lowest BCUT2D eigenvalue weighted by Gasteiger charge is -2.11. The molecule has 3 aromatic rings. The molecule has 0 fully saturated rings. The first-order chi connectivity index (χ1) is 11.8. The van der Waals surface area contributed by atoms with Gasteiger partial charge < -0.3 is 5.32 Å². The molecule has 0 spiro atoms. The summed E-state index contributed by atoms with van der Waals surface area (Å²) in [5, 5.41) is 5.51. The van der Waals surface area contributed by atoms with Gasteiger partial charge in [-0.25, -0.2) is 13.8 Å². The van der Waals surface area contributed by atoms with Crippen molar-refractivity contribution in [3.05, 3.63) is 57.0 Å². The lowest BCUT2D eigenvalue weighted by molar-refractivity contribution is -0.115. The van der Waals surface area contributed by atoms with Crippen LogP contribution in [0.5, 0.6) is 0 Å². The number of aryl methyl sites for hydroxylation is 3. The molecule has 0 saturated heterocycles. The highest BCUT2D eigenvalue weighted by atomic mass is 19.1. The van der Waals surface area contributed by atoms with Gasteiger partial charge in [0.25, 0.3) is 5.56 Å². The Morgan fingerprint density at radius 3 is 2.52 bits per heavy atom. The molecule has 2 N–H and O–H groups in total. The van der Waals surface area contributed by atoms with Gasteiger partial charge in [-0.1, -0.05) is 0 Å². The number of nitrogens with zero attached hydrogens (tertiary/aromatic N) is 2. The van der Waals surface area contributed by atoms with Crippen LogP contribution in [0.1, 0.15) is 16.8 Å². The van der Waals surface area contributed by atoms with E-state index in [-0.39, 0.29) is 17.7 Å².